The SMILES string of the molecule is CC(CCC(C)c1cc2ccccc2cn1)Cc1ccc2ccnnc2c1. The highest BCUT2D eigenvalue weighted by molar-refractivity contribution is 5.81. The van der Waals surface area contributed by atoms with Crippen LogP contribution in [-0.2, 0) is 6.42 Å². The molecule has 4 rings (SSSR count). The Balaban J connectivity index is 1.37. The predicted octanol–water partition coefficient (Wildman–Crippen LogP) is 5.94. The summed E-state index contributed by atoms with van der Waals surface area (Å²) in [5.41, 5.74) is 3.52. The smallest absolute Gasteiger partial charge is 0.0932 e. The number of pyridine rings is 1. The Morgan fingerprint density at radius 2 is 1.70 bits per heavy atom. The predicted molar refractivity (Wildman–Crippen MR) is 112 cm³/mol. The van der Waals surface area contributed by atoms with E-state index in [2.05, 4.69) is 77.6 Å². The van der Waals surface area contributed by atoms with E-state index in [0.717, 1.165) is 23.7 Å². The minimum Gasteiger partial charge on any atom is -0.260 e. The first kappa shape index (κ1) is 17.6. The van der Waals surface area contributed by atoms with Crippen molar-refractivity contribution in [1.29, 1.82) is 0 Å². The zero-order valence-corrected chi connectivity index (χ0v) is 16.0. The molecule has 0 saturated heterocycles. The van der Waals surface area contributed by atoms with Gasteiger partial charge in [-0.1, -0.05) is 50.2 Å². The quantitative estimate of drug-likeness (QED) is 0.429. The van der Waals surface area contributed by atoms with Gasteiger partial charge in [-0.25, -0.2) is 0 Å². The van der Waals surface area contributed by atoms with Crippen LogP contribution in [0.4, 0.5) is 0 Å². The summed E-state index contributed by atoms with van der Waals surface area (Å²) < 4.78 is 0. The van der Waals surface area contributed by atoms with E-state index in [1.54, 1.807) is 6.20 Å². The van der Waals surface area contributed by atoms with Crippen LogP contribution in [-0.4, -0.2) is 15.2 Å². The van der Waals surface area contributed by atoms with Gasteiger partial charge in [-0.05, 0) is 60.2 Å². The lowest BCUT2D eigenvalue weighted by Crippen LogP contribution is -2.04. The maximum Gasteiger partial charge on any atom is 0.0932 e. The maximum absolute atomic E-state index is 4.69. The monoisotopic (exact) mass is 355 g/mol. The summed E-state index contributed by atoms with van der Waals surface area (Å²) in [6.45, 7) is 4.62. The number of hydrogen-bond donors (Lipinski definition) is 0. The highest BCUT2D eigenvalue weighted by Crippen LogP contribution is 2.26. The fourth-order valence-corrected chi connectivity index (χ4v) is 3.71. The molecule has 2 unspecified atom stereocenters. The molecule has 136 valence electrons. The Bertz CT molecular complexity index is 1060. The Hall–Kier alpha value is -2.81. The van der Waals surface area contributed by atoms with E-state index in [0.29, 0.717) is 11.8 Å². The second-order valence-electron chi connectivity index (χ2n) is 7.67. The summed E-state index contributed by atoms with van der Waals surface area (Å²) in [5, 5.41) is 11.9. The van der Waals surface area contributed by atoms with Gasteiger partial charge in [-0.15, -0.1) is 0 Å². The van der Waals surface area contributed by atoms with Crippen molar-refractivity contribution in [2.24, 2.45) is 5.92 Å². The first-order chi connectivity index (χ1) is 13.2. The van der Waals surface area contributed by atoms with Crippen LogP contribution in [0.15, 0.2) is 67.0 Å². The molecular weight excluding hydrogens is 330 g/mol. The molecule has 3 nitrogen and oxygen atoms in total. The second kappa shape index (κ2) is 7.83. The Morgan fingerprint density at radius 3 is 2.59 bits per heavy atom. The highest BCUT2D eigenvalue weighted by Gasteiger charge is 2.11. The van der Waals surface area contributed by atoms with Gasteiger partial charge in [0.05, 0.1) is 11.7 Å². The van der Waals surface area contributed by atoms with Crippen molar-refractivity contribution in [3.63, 3.8) is 0 Å². The third-order valence-corrected chi connectivity index (χ3v) is 5.41. The molecule has 0 saturated carbocycles. The number of benzene rings is 2. The summed E-state index contributed by atoms with van der Waals surface area (Å²) in [4.78, 5) is 4.69. The Morgan fingerprint density at radius 1 is 0.852 bits per heavy atom. The van der Waals surface area contributed by atoms with E-state index in [1.165, 1.54) is 28.5 Å². The van der Waals surface area contributed by atoms with Crippen molar-refractivity contribution < 1.29 is 0 Å². The fourth-order valence-electron chi connectivity index (χ4n) is 3.71. The van der Waals surface area contributed by atoms with E-state index in [9.17, 15) is 0 Å². The number of aromatic nitrogens is 3. The summed E-state index contributed by atoms with van der Waals surface area (Å²) in [6.07, 6.45) is 7.16. The zero-order chi connectivity index (χ0) is 18.6. The van der Waals surface area contributed by atoms with Gasteiger partial charge in [0.15, 0.2) is 0 Å². The lowest BCUT2D eigenvalue weighted by Gasteiger charge is -2.16. The largest absolute Gasteiger partial charge is 0.260 e. The third-order valence-electron chi connectivity index (χ3n) is 5.41. The standard InChI is InChI=1S/C24H25N3/c1-17(13-19-9-10-20-11-12-26-27-24(20)14-19)7-8-18(2)23-15-21-5-3-4-6-22(21)16-25-23/h3-6,9-12,14-18H,7-8,13H2,1-2H3. The molecule has 0 radical (unpaired) electrons. The zero-order valence-electron chi connectivity index (χ0n) is 16.0. The molecule has 0 fully saturated rings. The fraction of sp³-hybridized carbons (Fsp3) is 0.292. The molecule has 2 aromatic carbocycles. The molecule has 2 atom stereocenters. The molecule has 0 aliphatic carbocycles. The summed E-state index contributed by atoms with van der Waals surface area (Å²) >= 11 is 0. The Labute approximate surface area is 160 Å². The number of nitrogens with zero attached hydrogens (tertiary/aromatic N) is 3. The minimum atomic E-state index is 0.472. The van der Waals surface area contributed by atoms with Gasteiger partial charge in [0.1, 0.15) is 0 Å². The van der Waals surface area contributed by atoms with Crippen LogP contribution in [0.1, 0.15) is 43.9 Å². The van der Waals surface area contributed by atoms with Gasteiger partial charge < -0.3 is 0 Å². The van der Waals surface area contributed by atoms with Gasteiger partial charge in [0.2, 0.25) is 0 Å². The van der Waals surface area contributed by atoms with E-state index in [4.69, 9.17) is 0 Å². The topological polar surface area (TPSA) is 38.7 Å². The van der Waals surface area contributed by atoms with E-state index >= 15 is 0 Å². The first-order valence-corrected chi connectivity index (χ1v) is 9.74. The average molecular weight is 355 g/mol. The third kappa shape index (κ3) is 4.13. The molecule has 2 heterocycles. The van der Waals surface area contributed by atoms with Crippen LogP contribution >= 0.6 is 0 Å². The second-order valence-corrected chi connectivity index (χ2v) is 7.67. The average Bonchev–Trinajstić information content (AvgIpc) is 2.71. The summed E-state index contributed by atoms with van der Waals surface area (Å²) in [7, 11) is 0. The Kier molecular flexibility index (Phi) is 5.10. The van der Waals surface area contributed by atoms with Crippen LogP contribution in [0, 0.1) is 5.92 Å². The molecule has 27 heavy (non-hydrogen) atoms. The van der Waals surface area contributed by atoms with Crippen LogP contribution < -0.4 is 0 Å². The molecule has 0 aliphatic heterocycles. The van der Waals surface area contributed by atoms with Crippen LogP contribution in [0.5, 0.6) is 0 Å². The van der Waals surface area contributed by atoms with Gasteiger partial charge >= 0.3 is 0 Å². The van der Waals surface area contributed by atoms with Gasteiger partial charge in [-0.3, -0.25) is 4.98 Å². The highest BCUT2D eigenvalue weighted by atomic mass is 15.1. The lowest BCUT2D eigenvalue weighted by molar-refractivity contribution is 0.477. The van der Waals surface area contributed by atoms with Crippen molar-refractivity contribution in [1.82, 2.24) is 15.2 Å². The van der Waals surface area contributed by atoms with Crippen molar-refractivity contribution in [2.75, 3.05) is 0 Å². The molecule has 4 aromatic rings. The molecule has 0 aliphatic rings. The van der Waals surface area contributed by atoms with Crippen molar-refractivity contribution in [2.45, 2.75) is 39.0 Å². The number of hydrogen-bond acceptors (Lipinski definition) is 3. The number of rotatable bonds is 6. The molecule has 0 amide bonds. The van der Waals surface area contributed by atoms with Crippen molar-refractivity contribution >= 4 is 21.7 Å². The van der Waals surface area contributed by atoms with Crippen LogP contribution in [0.3, 0.4) is 0 Å². The van der Waals surface area contributed by atoms with Crippen LogP contribution in [0.25, 0.3) is 21.7 Å². The van der Waals surface area contributed by atoms with Crippen molar-refractivity contribution in [3.8, 4) is 0 Å². The first-order valence-electron chi connectivity index (χ1n) is 9.74. The van der Waals surface area contributed by atoms with Gasteiger partial charge in [0, 0.05) is 22.7 Å². The van der Waals surface area contributed by atoms with Gasteiger partial charge in [0.25, 0.3) is 0 Å². The number of fused-ring (bicyclic) bond motifs is 2. The summed E-state index contributed by atoms with van der Waals surface area (Å²) in [5.74, 6) is 1.10. The van der Waals surface area contributed by atoms with Crippen molar-refractivity contribution in [3.05, 3.63) is 78.2 Å². The molecule has 0 spiro atoms. The minimum absolute atomic E-state index is 0.472. The normalized spacial score (nSPS) is 13.7. The van der Waals surface area contributed by atoms with E-state index in [1.807, 2.05) is 12.3 Å². The van der Waals surface area contributed by atoms with E-state index < -0.39 is 0 Å². The molecule has 0 N–H and O–H groups in total. The lowest BCUT2D eigenvalue weighted by atomic mass is 9.91. The molecular formula is C24H25N3. The van der Waals surface area contributed by atoms with Gasteiger partial charge in [-0.2, -0.15) is 10.2 Å². The molecule has 2 aromatic heterocycles. The molecule has 3 heteroatoms. The van der Waals surface area contributed by atoms with E-state index in [-0.39, 0.29) is 0 Å². The summed E-state index contributed by atoms with van der Waals surface area (Å²) in [6, 6.07) is 19.2. The maximum atomic E-state index is 4.69. The van der Waals surface area contributed by atoms with Crippen LogP contribution in [0.2, 0.25) is 0 Å². The molecule has 0 bridgehead atoms.